The maximum atomic E-state index is 11.8. The molecule has 0 aliphatic heterocycles. The molecule has 0 unspecified atom stereocenters. The van der Waals surface area contributed by atoms with E-state index in [0.717, 1.165) is 5.56 Å². The molecule has 0 aliphatic carbocycles. The summed E-state index contributed by atoms with van der Waals surface area (Å²) in [7, 11) is 2.97. The highest BCUT2D eigenvalue weighted by atomic mass is 16.5. The Bertz CT molecular complexity index is 716. The summed E-state index contributed by atoms with van der Waals surface area (Å²) in [5.41, 5.74) is 7.78. The Morgan fingerprint density at radius 3 is 2.52 bits per heavy atom. The van der Waals surface area contributed by atoms with E-state index in [-0.39, 0.29) is 18.9 Å². The number of amides is 1. The van der Waals surface area contributed by atoms with E-state index < -0.39 is 6.09 Å². The number of hydrogen-bond acceptors (Lipinski definition) is 6. The lowest BCUT2D eigenvalue weighted by atomic mass is 10.1. The molecule has 0 spiro atoms. The van der Waals surface area contributed by atoms with Crippen LogP contribution in [0.1, 0.15) is 11.1 Å². The zero-order valence-electron chi connectivity index (χ0n) is 14.2. The smallest absolute Gasteiger partial charge is 0.407 e. The molecule has 7 heteroatoms. The van der Waals surface area contributed by atoms with Crippen molar-refractivity contribution < 1.29 is 24.1 Å². The van der Waals surface area contributed by atoms with Crippen molar-refractivity contribution in [3.05, 3.63) is 47.5 Å². The third kappa shape index (κ3) is 5.20. The lowest BCUT2D eigenvalue weighted by Crippen LogP contribution is -2.24. The molecule has 0 saturated heterocycles. The number of phenolic OH excluding ortho intramolecular Hbond substituents is 1. The molecule has 7 nitrogen and oxygen atoms in total. The Balaban J connectivity index is 1.84. The van der Waals surface area contributed by atoms with Crippen LogP contribution in [0.4, 0.5) is 10.5 Å². The van der Waals surface area contributed by atoms with E-state index in [2.05, 4.69) is 5.32 Å². The van der Waals surface area contributed by atoms with Crippen LogP contribution in [0.25, 0.3) is 0 Å². The van der Waals surface area contributed by atoms with Gasteiger partial charge in [0, 0.05) is 24.2 Å². The van der Waals surface area contributed by atoms with Gasteiger partial charge in [-0.05, 0) is 17.7 Å². The summed E-state index contributed by atoms with van der Waals surface area (Å²) in [6.07, 6.45) is 0.0119. The number of nitrogens with two attached hydrogens (primary N) is 1. The second-order valence-corrected chi connectivity index (χ2v) is 5.31. The van der Waals surface area contributed by atoms with E-state index in [0.29, 0.717) is 29.2 Å². The Kier molecular flexibility index (Phi) is 6.33. The van der Waals surface area contributed by atoms with Crippen molar-refractivity contribution in [3.63, 3.8) is 0 Å². The van der Waals surface area contributed by atoms with Crippen molar-refractivity contribution in [1.82, 2.24) is 5.32 Å². The zero-order valence-corrected chi connectivity index (χ0v) is 14.2. The minimum Gasteiger partial charge on any atom is -0.507 e. The summed E-state index contributed by atoms with van der Waals surface area (Å²) >= 11 is 0. The monoisotopic (exact) mass is 346 g/mol. The molecular formula is C18H22N2O5. The van der Waals surface area contributed by atoms with Gasteiger partial charge in [-0.2, -0.15) is 0 Å². The molecule has 0 aromatic heterocycles. The number of alkyl carbamates (subject to hydrolysis) is 1. The number of ether oxygens (including phenoxy) is 3. The molecule has 134 valence electrons. The second-order valence-electron chi connectivity index (χ2n) is 5.31. The van der Waals surface area contributed by atoms with Crippen molar-refractivity contribution >= 4 is 11.8 Å². The summed E-state index contributed by atoms with van der Waals surface area (Å²) in [5, 5.41) is 12.6. The molecule has 0 aliphatic rings. The second kappa shape index (κ2) is 8.68. The highest BCUT2D eigenvalue weighted by Crippen LogP contribution is 2.33. The van der Waals surface area contributed by atoms with Crippen LogP contribution < -0.4 is 20.5 Å². The van der Waals surface area contributed by atoms with Crippen molar-refractivity contribution in [2.75, 3.05) is 26.6 Å². The minimum atomic E-state index is -0.576. The maximum Gasteiger partial charge on any atom is 0.407 e. The summed E-state index contributed by atoms with van der Waals surface area (Å²) < 4.78 is 15.4. The van der Waals surface area contributed by atoms with Crippen LogP contribution in [-0.2, 0) is 17.7 Å². The summed E-state index contributed by atoms with van der Waals surface area (Å²) in [4.78, 5) is 11.8. The minimum absolute atomic E-state index is 0.0293. The molecule has 0 saturated carbocycles. The van der Waals surface area contributed by atoms with Crippen molar-refractivity contribution in [3.8, 4) is 17.2 Å². The maximum absolute atomic E-state index is 11.8. The fourth-order valence-electron chi connectivity index (χ4n) is 2.24. The summed E-state index contributed by atoms with van der Waals surface area (Å²) in [6.45, 7) is 0.307. The third-order valence-electron chi connectivity index (χ3n) is 3.63. The van der Waals surface area contributed by atoms with E-state index in [9.17, 15) is 9.90 Å². The van der Waals surface area contributed by atoms with Gasteiger partial charge in [-0.15, -0.1) is 0 Å². The van der Waals surface area contributed by atoms with Gasteiger partial charge in [0.15, 0.2) is 0 Å². The number of anilines is 1. The third-order valence-corrected chi connectivity index (χ3v) is 3.63. The first-order chi connectivity index (χ1) is 12.0. The van der Waals surface area contributed by atoms with Gasteiger partial charge in [0.05, 0.1) is 32.9 Å². The number of carbonyl (C=O) groups is 1. The summed E-state index contributed by atoms with van der Waals surface area (Å²) in [6, 6.07) is 10.4. The van der Waals surface area contributed by atoms with Gasteiger partial charge in [-0.3, -0.25) is 0 Å². The molecule has 2 aromatic carbocycles. The molecule has 0 fully saturated rings. The predicted octanol–water partition coefficient (Wildman–Crippen LogP) is 2.46. The highest BCUT2D eigenvalue weighted by molar-refractivity contribution is 5.67. The SMILES string of the molecule is COc1cc(O)c(CNC(=O)OCCc2ccc(N)cc2)c(OC)c1. The van der Waals surface area contributed by atoms with Crippen molar-refractivity contribution in [1.29, 1.82) is 0 Å². The number of benzene rings is 2. The first-order valence-electron chi connectivity index (χ1n) is 7.72. The number of nitrogen functional groups attached to an aromatic ring is 1. The normalized spacial score (nSPS) is 10.2. The number of hydrogen-bond donors (Lipinski definition) is 3. The van der Waals surface area contributed by atoms with Crippen LogP contribution in [0.5, 0.6) is 17.2 Å². The molecule has 0 atom stereocenters. The number of phenols is 1. The first-order valence-corrected chi connectivity index (χ1v) is 7.72. The molecular weight excluding hydrogens is 324 g/mol. The Hall–Kier alpha value is -3.09. The zero-order chi connectivity index (χ0) is 18.2. The van der Waals surface area contributed by atoms with Gasteiger partial charge in [0.25, 0.3) is 0 Å². The van der Waals surface area contributed by atoms with E-state index in [1.165, 1.54) is 20.3 Å². The molecule has 0 heterocycles. The predicted molar refractivity (Wildman–Crippen MR) is 94.0 cm³/mol. The number of rotatable bonds is 7. The van der Waals surface area contributed by atoms with Crippen LogP contribution >= 0.6 is 0 Å². The topological polar surface area (TPSA) is 103 Å². The van der Waals surface area contributed by atoms with Crippen LogP contribution in [0.3, 0.4) is 0 Å². The van der Waals surface area contributed by atoms with Crippen LogP contribution in [-0.4, -0.2) is 32.0 Å². The quantitative estimate of drug-likeness (QED) is 0.666. The van der Waals surface area contributed by atoms with Crippen molar-refractivity contribution in [2.24, 2.45) is 0 Å². The van der Waals surface area contributed by atoms with Gasteiger partial charge in [0.1, 0.15) is 17.2 Å². The average molecular weight is 346 g/mol. The van der Waals surface area contributed by atoms with Gasteiger partial charge >= 0.3 is 6.09 Å². The van der Waals surface area contributed by atoms with E-state index >= 15 is 0 Å². The largest absolute Gasteiger partial charge is 0.507 e. The number of aromatic hydroxyl groups is 1. The van der Waals surface area contributed by atoms with Gasteiger partial charge in [0.2, 0.25) is 0 Å². The Morgan fingerprint density at radius 1 is 1.16 bits per heavy atom. The van der Waals surface area contributed by atoms with E-state index in [1.54, 1.807) is 18.2 Å². The number of methoxy groups -OCH3 is 2. The van der Waals surface area contributed by atoms with Gasteiger partial charge < -0.3 is 30.4 Å². The fraction of sp³-hybridized carbons (Fsp3) is 0.278. The molecule has 2 aromatic rings. The fourth-order valence-corrected chi connectivity index (χ4v) is 2.24. The first kappa shape index (κ1) is 18.3. The standard InChI is InChI=1S/C18H22N2O5/c1-23-14-9-16(21)15(17(10-14)24-2)11-20-18(22)25-8-7-12-3-5-13(19)6-4-12/h3-6,9-10,21H,7-8,11,19H2,1-2H3,(H,20,22). The molecule has 1 amide bonds. The average Bonchev–Trinajstić information content (AvgIpc) is 2.61. The van der Waals surface area contributed by atoms with Gasteiger partial charge in [-0.1, -0.05) is 12.1 Å². The molecule has 25 heavy (non-hydrogen) atoms. The Morgan fingerprint density at radius 2 is 1.88 bits per heavy atom. The highest BCUT2D eigenvalue weighted by Gasteiger charge is 2.13. The van der Waals surface area contributed by atoms with Crippen LogP contribution in [0.15, 0.2) is 36.4 Å². The van der Waals surface area contributed by atoms with E-state index in [1.807, 2.05) is 12.1 Å². The number of carbonyl (C=O) groups excluding carboxylic acids is 1. The van der Waals surface area contributed by atoms with Crippen LogP contribution in [0, 0.1) is 0 Å². The van der Waals surface area contributed by atoms with Gasteiger partial charge in [-0.25, -0.2) is 4.79 Å². The lowest BCUT2D eigenvalue weighted by Gasteiger charge is -2.13. The molecule has 2 rings (SSSR count). The van der Waals surface area contributed by atoms with Crippen LogP contribution in [0.2, 0.25) is 0 Å². The lowest BCUT2D eigenvalue weighted by molar-refractivity contribution is 0.147. The molecule has 4 N–H and O–H groups in total. The summed E-state index contributed by atoms with van der Waals surface area (Å²) in [5.74, 6) is 0.849. The Labute approximate surface area is 146 Å². The molecule has 0 radical (unpaired) electrons. The van der Waals surface area contributed by atoms with E-state index in [4.69, 9.17) is 19.9 Å². The molecule has 0 bridgehead atoms. The van der Waals surface area contributed by atoms with Crippen molar-refractivity contribution in [2.45, 2.75) is 13.0 Å². The number of nitrogens with one attached hydrogen (secondary N) is 1.